The van der Waals surface area contributed by atoms with Gasteiger partial charge >= 0.3 is 0 Å². The Morgan fingerprint density at radius 1 is 1.13 bits per heavy atom. The molecule has 30 heavy (non-hydrogen) atoms. The van der Waals surface area contributed by atoms with Gasteiger partial charge in [0.2, 0.25) is 5.88 Å². The first-order chi connectivity index (χ1) is 14.6. The topological polar surface area (TPSA) is 99.4 Å². The normalized spacial score (nSPS) is 14.5. The van der Waals surface area contributed by atoms with E-state index in [0.29, 0.717) is 36.1 Å². The van der Waals surface area contributed by atoms with E-state index in [9.17, 15) is 4.79 Å². The van der Waals surface area contributed by atoms with Crippen molar-refractivity contribution in [2.24, 2.45) is 0 Å². The van der Waals surface area contributed by atoms with Crippen LogP contribution in [0.1, 0.15) is 40.2 Å². The van der Waals surface area contributed by atoms with Gasteiger partial charge in [-0.25, -0.2) is 4.98 Å². The van der Waals surface area contributed by atoms with Gasteiger partial charge in [-0.15, -0.1) is 0 Å². The van der Waals surface area contributed by atoms with Crippen LogP contribution < -0.4 is 10.1 Å². The number of aromatic nitrogens is 3. The molecular weight excluding hydrogens is 384 g/mol. The number of amides is 1. The molecule has 1 aliphatic heterocycles. The molecule has 0 aromatic carbocycles. The largest absolute Gasteiger partial charge is 0.473 e. The number of carbonyl (C=O) groups is 1. The Hall–Kier alpha value is -3.26. The Morgan fingerprint density at radius 2 is 1.97 bits per heavy atom. The van der Waals surface area contributed by atoms with Gasteiger partial charge in [0, 0.05) is 49.0 Å². The van der Waals surface area contributed by atoms with Crippen molar-refractivity contribution in [2.75, 3.05) is 13.2 Å². The minimum absolute atomic E-state index is 0.134. The number of hydrogen-bond donors (Lipinski definition) is 1. The molecule has 0 radical (unpaired) electrons. The Morgan fingerprint density at radius 3 is 2.67 bits per heavy atom. The van der Waals surface area contributed by atoms with Crippen molar-refractivity contribution < 1.29 is 18.8 Å². The summed E-state index contributed by atoms with van der Waals surface area (Å²) in [6.07, 6.45) is 4.95. The Bertz CT molecular complexity index is 993. The second-order valence-corrected chi connectivity index (χ2v) is 7.29. The van der Waals surface area contributed by atoms with Crippen molar-refractivity contribution in [3.63, 3.8) is 0 Å². The lowest BCUT2D eigenvalue weighted by atomic mass is 10.1. The molecule has 1 aliphatic rings. The molecule has 3 aromatic rings. The van der Waals surface area contributed by atoms with Gasteiger partial charge in [0.25, 0.3) is 5.91 Å². The van der Waals surface area contributed by atoms with Crippen LogP contribution in [0.2, 0.25) is 0 Å². The fourth-order valence-corrected chi connectivity index (χ4v) is 3.25. The van der Waals surface area contributed by atoms with E-state index in [2.05, 4.69) is 20.4 Å². The highest BCUT2D eigenvalue weighted by Crippen LogP contribution is 2.26. The van der Waals surface area contributed by atoms with Gasteiger partial charge in [-0.1, -0.05) is 5.16 Å². The van der Waals surface area contributed by atoms with E-state index in [4.69, 9.17) is 14.0 Å². The third-order valence-electron chi connectivity index (χ3n) is 5.09. The zero-order valence-corrected chi connectivity index (χ0v) is 17.1. The smallest absolute Gasteiger partial charge is 0.253 e. The molecule has 8 heteroatoms. The lowest BCUT2D eigenvalue weighted by molar-refractivity contribution is 0.0696. The first-order valence-electron chi connectivity index (χ1n) is 9.96. The fourth-order valence-electron chi connectivity index (χ4n) is 3.25. The van der Waals surface area contributed by atoms with E-state index in [0.717, 1.165) is 29.7 Å². The van der Waals surface area contributed by atoms with E-state index in [1.165, 1.54) is 6.20 Å². The number of aryl methyl sites for hydroxylation is 2. The van der Waals surface area contributed by atoms with Crippen LogP contribution in [0.4, 0.5) is 0 Å². The maximum absolute atomic E-state index is 12.4. The second-order valence-electron chi connectivity index (χ2n) is 7.29. The van der Waals surface area contributed by atoms with E-state index in [1.807, 2.05) is 26.0 Å². The van der Waals surface area contributed by atoms with E-state index in [-0.39, 0.29) is 18.6 Å². The minimum atomic E-state index is -0.134. The number of nitrogens with zero attached hydrogens (tertiary/aromatic N) is 3. The van der Waals surface area contributed by atoms with Gasteiger partial charge in [-0.2, -0.15) is 0 Å². The maximum atomic E-state index is 12.4. The van der Waals surface area contributed by atoms with Crippen LogP contribution in [0.15, 0.2) is 41.2 Å². The van der Waals surface area contributed by atoms with Crippen LogP contribution in [0.5, 0.6) is 5.88 Å². The van der Waals surface area contributed by atoms with Gasteiger partial charge in [0.15, 0.2) is 0 Å². The van der Waals surface area contributed by atoms with Crippen LogP contribution in [-0.2, 0) is 11.3 Å². The zero-order chi connectivity index (χ0) is 20.9. The minimum Gasteiger partial charge on any atom is -0.473 e. The molecule has 4 rings (SSSR count). The van der Waals surface area contributed by atoms with Crippen molar-refractivity contribution in [2.45, 2.75) is 39.3 Å². The van der Waals surface area contributed by atoms with Crippen molar-refractivity contribution in [1.82, 2.24) is 20.4 Å². The Kier molecular flexibility index (Phi) is 6.04. The van der Waals surface area contributed by atoms with E-state index < -0.39 is 0 Å². The fraction of sp³-hybridized carbons (Fsp3) is 0.364. The predicted octanol–water partition coefficient (Wildman–Crippen LogP) is 3.24. The standard InChI is InChI=1S/C22H24N4O4/c1-14-3-4-16(11-23-14)21-19(15(2)30-26-21)13-29-20-6-5-17(12-24-20)22(27)25-18-7-9-28-10-8-18/h3-6,11-12,18H,7-10,13H2,1-2H3,(H,25,27). The summed E-state index contributed by atoms with van der Waals surface area (Å²) in [6.45, 7) is 5.38. The molecular formula is C22H24N4O4. The molecule has 8 nitrogen and oxygen atoms in total. The molecule has 1 saturated heterocycles. The average molecular weight is 408 g/mol. The number of pyridine rings is 2. The SMILES string of the molecule is Cc1ccc(-c2noc(C)c2COc2ccc(C(=O)NC3CCOCC3)cn2)cn1. The molecule has 0 bridgehead atoms. The molecule has 156 valence electrons. The van der Waals surface area contributed by atoms with Crippen LogP contribution in [0, 0.1) is 13.8 Å². The van der Waals surface area contributed by atoms with E-state index in [1.54, 1.807) is 18.3 Å². The monoisotopic (exact) mass is 408 g/mol. The summed E-state index contributed by atoms with van der Waals surface area (Å²) in [6, 6.07) is 7.42. The molecule has 0 atom stereocenters. The van der Waals surface area contributed by atoms with Crippen LogP contribution in [-0.4, -0.2) is 40.3 Å². The third-order valence-corrected chi connectivity index (χ3v) is 5.09. The first kappa shape index (κ1) is 20.0. The number of ether oxygens (including phenoxy) is 2. The average Bonchev–Trinajstić information content (AvgIpc) is 3.14. The molecule has 1 amide bonds. The summed E-state index contributed by atoms with van der Waals surface area (Å²) >= 11 is 0. The molecule has 3 aromatic heterocycles. The second kappa shape index (κ2) is 9.04. The van der Waals surface area contributed by atoms with E-state index >= 15 is 0 Å². The van der Waals surface area contributed by atoms with Crippen LogP contribution >= 0.6 is 0 Å². The highest BCUT2D eigenvalue weighted by Gasteiger charge is 2.18. The quantitative estimate of drug-likeness (QED) is 0.668. The van der Waals surface area contributed by atoms with Crippen LogP contribution in [0.3, 0.4) is 0 Å². The number of nitrogens with one attached hydrogen (secondary N) is 1. The third kappa shape index (κ3) is 4.65. The molecule has 0 saturated carbocycles. The summed E-state index contributed by atoms with van der Waals surface area (Å²) < 4.78 is 16.5. The van der Waals surface area contributed by atoms with Crippen molar-refractivity contribution in [3.8, 4) is 17.1 Å². The van der Waals surface area contributed by atoms with Crippen molar-refractivity contribution in [1.29, 1.82) is 0 Å². The molecule has 0 aliphatic carbocycles. The van der Waals surface area contributed by atoms with Gasteiger partial charge in [-0.3, -0.25) is 9.78 Å². The highest BCUT2D eigenvalue weighted by atomic mass is 16.5. The van der Waals surface area contributed by atoms with Crippen LogP contribution in [0.25, 0.3) is 11.3 Å². The summed E-state index contributed by atoms with van der Waals surface area (Å²) in [7, 11) is 0. The zero-order valence-electron chi connectivity index (χ0n) is 17.1. The number of hydrogen-bond acceptors (Lipinski definition) is 7. The molecule has 0 unspecified atom stereocenters. The van der Waals surface area contributed by atoms with Gasteiger partial charge in [0.1, 0.15) is 18.1 Å². The number of rotatable bonds is 6. The van der Waals surface area contributed by atoms with Gasteiger partial charge < -0.3 is 19.3 Å². The molecule has 4 heterocycles. The first-order valence-corrected chi connectivity index (χ1v) is 9.96. The predicted molar refractivity (Wildman–Crippen MR) is 109 cm³/mol. The molecule has 1 N–H and O–H groups in total. The lowest BCUT2D eigenvalue weighted by Gasteiger charge is -2.23. The Balaban J connectivity index is 1.39. The molecule has 1 fully saturated rings. The maximum Gasteiger partial charge on any atom is 0.253 e. The Labute approximate surface area is 174 Å². The lowest BCUT2D eigenvalue weighted by Crippen LogP contribution is -2.38. The van der Waals surface area contributed by atoms with Crippen molar-refractivity contribution in [3.05, 3.63) is 59.2 Å². The summed E-state index contributed by atoms with van der Waals surface area (Å²) in [5.74, 6) is 0.967. The van der Waals surface area contributed by atoms with Crippen molar-refractivity contribution >= 4 is 5.91 Å². The summed E-state index contributed by atoms with van der Waals surface area (Å²) in [5, 5.41) is 7.16. The van der Waals surface area contributed by atoms with Gasteiger partial charge in [0.05, 0.1) is 11.1 Å². The van der Waals surface area contributed by atoms with Gasteiger partial charge in [-0.05, 0) is 44.9 Å². The highest BCUT2D eigenvalue weighted by molar-refractivity contribution is 5.94. The molecule has 0 spiro atoms. The summed E-state index contributed by atoms with van der Waals surface area (Å²) in [5.41, 5.74) is 3.84. The summed E-state index contributed by atoms with van der Waals surface area (Å²) in [4.78, 5) is 21.0. The number of carbonyl (C=O) groups excluding carboxylic acids is 1.